The van der Waals surface area contributed by atoms with Gasteiger partial charge in [0.25, 0.3) is 0 Å². The molecule has 1 aliphatic heterocycles. The summed E-state index contributed by atoms with van der Waals surface area (Å²) in [5.41, 5.74) is -0.430. The number of halogens is 3. The molecule has 9 nitrogen and oxygen atoms in total. The zero-order valence-electron chi connectivity index (χ0n) is 21.9. The average Bonchev–Trinajstić information content (AvgIpc) is 3.38. The van der Waals surface area contributed by atoms with Crippen molar-refractivity contribution in [3.63, 3.8) is 0 Å². The molecule has 0 radical (unpaired) electrons. The Bertz CT molecular complexity index is 1490. The number of alkyl halides is 1. The van der Waals surface area contributed by atoms with Gasteiger partial charge in [-0.3, -0.25) is 9.88 Å². The first-order valence-corrected chi connectivity index (χ1v) is 12.6. The van der Waals surface area contributed by atoms with Crippen molar-refractivity contribution in [3.8, 4) is 11.3 Å². The number of nitrogens with zero attached hydrogens (tertiary/aromatic N) is 7. The molecule has 3 aromatic heterocycles. The second-order valence-electron chi connectivity index (χ2n) is 10.5. The summed E-state index contributed by atoms with van der Waals surface area (Å²) in [4.78, 5) is 18.1. The molecule has 5 rings (SSSR count). The number of piperazine rings is 1. The van der Waals surface area contributed by atoms with Gasteiger partial charge in [0, 0.05) is 56.1 Å². The summed E-state index contributed by atoms with van der Waals surface area (Å²) in [5.74, 6) is -0.633. The van der Waals surface area contributed by atoms with Gasteiger partial charge in [0.2, 0.25) is 0 Å². The normalized spacial score (nSPS) is 16.6. The van der Waals surface area contributed by atoms with E-state index in [9.17, 15) is 23.4 Å². The smallest absolute Gasteiger partial charge is 0.181 e. The topological polar surface area (TPSA) is 103 Å². The van der Waals surface area contributed by atoms with Crippen LogP contribution in [0, 0.1) is 11.6 Å². The Morgan fingerprint density at radius 1 is 0.949 bits per heavy atom. The van der Waals surface area contributed by atoms with Crippen LogP contribution in [0.2, 0.25) is 0 Å². The van der Waals surface area contributed by atoms with E-state index in [4.69, 9.17) is 9.97 Å². The van der Waals surface area contributed by atoms with Gasteiger partial charge in [0.15, 0.2) is 12.6 Å². The molecule has 4 aromatic rings. The molecule has 0 bridgehead atoms. The summed E-state index contributed by atoms with van der Waals surface area (Å²) in [6.07, 6.45) is 4.56. The molecular weight excluding hydrogens is 511 g/mol. The highest BCUT2D eigenvalue weighted by Gasteiger charge is 2.40. The lowest BCUT2D eigenvalue weighted by atomic mass is 9.84. The molecule has 1 atom stereocenters. The number of benzene rings is 1. The summed E-state index contributed by atoms with van der Waals surface area (Å²) in [6.45, 7) is 6.32. The lowest BCUT2D eigenvalue weighted by molar-refractivity contribution is -0.127. The van der Waals surface area contributed by atoms with Crippen LogP contribution in [0.1, 0.15) is 32.0 Å². The highest BCUT2D eigenvalue weighted by atomic mass is 19.1. The highest BCUT2D eigenvalue weighted by molar-refractivity contribution is 5.83. The number of aromatic nitrogens is 5. The maximum absolute atomic E-state index is 14.2. The lowest BCUT2D eigenvalue weighted by Gasteiger charge is -2.36. The van der Waals surface area contributed by atoms with Crippen LogP contribution in [0.4, 0.5) is 19.0 Å². The predicted molar refractivity (Wildman–Crippen MR) is 139 cm³/mol. The Morgan fingerprint density at radius 2 is 1.69 bits per heavy atom. The van der Waals surface area contributed by atoms with E-state index in [-0.39, 0.29) is 5.69 Å². The Kier molecular flexibility index (Phi) is 7.04. The number of pyridine rings is 1. The molecule has 1 aromatic carbocycles. The highest BCUT2D eigenvalue weighted by Crippen LogP contribution is 2.34. The van der Waals surface area contributed by atoms with Gasteiger partial charge in [-0.2, -0.15) is 5.10 Å². The summed E-state index contributed by atoms with van der Waals surface area (Å²) in [5, 5.41) is 25.5. The third kappa shape index (κ3) is 5.32. The molecule has 0 aliphatic carbocycles. The fraction of sp³-hybridized carbons (Fsp3) is 0.407. The van der Waals surface area contributed by atoms with Crippen LogP contribution in [-0.2, 0) is 18.9 Å². The molecule has 1 aliphatic rings. The number of hydrogen-bond acceptors (Lipinski definition) is 8. The van der Waals surface area contributed by atoms with Crippen molar-refractivity contribution in [2.45, 2.75) is 45.3 Å². The quantitative estimate of drug-likeness (QED) is 0.367. The fourth-order valence-corrected chi connectivity index (χ4v) is 4.50. The molecule has 0 unspecified atom stereocenters. The third-order valence-corrected chi connectivity index (χ3v) is 7.33. The Balaban J connectivity index is 1.48. The van der Waals surface area contributed by atoms with Gasteiger partial charge in [-0.15, -0.1) is 0 Å². The van der Waals surface area contributed by atoms with E-state index in [1.807, 2.05) is 4.90 Å². The van der Waals surface area contributed by atoms with Crippen LogP contribution >= 0.6 is 0 Å². The van der Waals surface area contributed by atoms with Crippen molar-refractivity contribution in [2.24, 2.45) is 0 Å². The molecule has 206 valence electrons. The van der Waals surface area contributed by atoms with Gasteiger partial charge in [-0.25, -0.2) is 27.8 Å². The van der Waals surface area contributed by atoms with Crippen molar-refractivity contribution in [1.82, 2.24) is 29.6 Å². The van der Waals surface area contributed by atoms with E-state index in [2.05, 4.69) is 15.0 Å². The fourth-order valence-electron chi connectivity index (χ4n) is 4.50. The van der Waals surface area contributed by atoms with Gasteiger partial charge in [-0.1, -0.05) is 6.07 Å². The van der Waals surface area contributed by atoms with Crippen molar-refractivity contribution in [1.29, 1.82) is 0 Å². The van der Waals surface area contributed by atoms with Gasteiger partial charge >= 0.3 is 0 Å². The molecule has 2 N–H and O–H groups in total. The first-order chi connectivity index (χ1) is 18.5. The van der Waals surface area contributed by atoms with Crippen molar-refractivity contribution in [2.75, 3.05) is 31.1 Å². The van der Waals surface area contributed by atoms with Gasteiger partial charge in [0.1, 0.15) is 28.4 Å². The predicted octanol–water partition coefficient (Wildman–Crippen LogP) is 3.39. The largest absolute Gasteiger partial charge is 0.387 e. The maximum atomic E-state index is 14.2. The van der Waals surface area contributed by atoms with Crippen LogP contribution in [0.25, 0.3) is 22.3 Å². The number of hydrogen-bond donors (Lipinski definition) is 2. The monoisotopic (exact) mass is 541 g/mol. The molecule has 39 heavy (non-hydrogen) atoms. The van der Waals surface area contributed by atoms with Gasteiger partial charge in [0.05, 0.1) is 29.2 Å². The van der Waals surface area contributed by atoms with Gasteiger partial charge in [-0.05, 0) is 32.9 Å². The number of anilines is 1. The number of aliphatic hydroxyl groups is 2. The van der Waals surface area contributed by atoms with Gasteiger partial charge < -0.3 is 15.1 Å². The molecule has 1 saturated heterocycles. The molecule has 0 spiro atoms. The molecule has 4 heterocycles. The zero-order chi connectivity index (χ0) is 27.9. The second kappa shape index (κ2) is 10.2. The Labute approximate surface area is 223 Å². The summed E-state index contributed by atoms with van der Waals surface area (Å²) >= 11 is 0. The van der Waals surface area contributed by atoms with E-state index in [0.717, 1.165) is 10.7 Å². The average molecular weight is 542 g/mol. The van der Waals surface area contributed by atoms with Crippen LogP contribution < -0.4 is 4.90 Å². The van der Waals surface area contributed by atoms with E-state index >= 15 is 0 Å². The van der Waals surface area contributed by atoms with Crippen molar-refractivity contribution >= 4 is 16.9 Å². The minimum absolute atomic E-state index is 0.242. The first kappa shape index (κ1) is 27.0. The SMILES string of the molecule is CC(C)(O)[C@](C)(O)c1cc2nc(N3CCN(Cc4ccc(F)cc4F)CC3)c(-c3cnn(CF)c3)nc2cn1. The third-order valence-electron chi connectivity index (χ3n) is 7.33. The van der Waals surface area contributed by atoms with E-state index in [1.165, 1.54) is 45.3 Å². The molecular formula is C27H30F3N7O2. The Hall–Kier alpha value is -3.61. The van der Waals surface area contributed by atoms with Crippen LogP contribution in [-0.4, -0.2) is 71.6 Å². The summed E-state index contributed by atoms with van der Waals surface area (Å²) in [7, 11) is 0. The lowest BCUT2D eigenvalue weighted by Crippen LogP contribution is -2.46. The number of fused-ring (bicyclic) bond motifs is 1. The minimum atomic E-state index is -1.65. The molecule has 1 fully saturated rings. The van der Waals surface area contributed by atoms with Crippen LogP contribution in [0.5, 0.6) is 0 Å². The number of rotatable bonds is 7. The minimum Gasteiger partial charge on any atom is -0.387 e. The van der Waals surface area contributed by atoms with E-state index < -0.39 is 29.6 Å². The van der Waals surface area contributed by atoms with Crippen LogP contribution in [0.3, 0.4) is 0 Å². The second-order valence-corrected chi connectivity index (χ2v) is 10.5. The zero-order valence-corrected chi connectivity index (χ0v) is 21.9. The summed E-state index contributed by atoms with van der Waals surface area (Å²) < 4.78 is 41.9. The van der Waals surface area contributed by atoms with Crippen molar-refractivity contribution < 1.29 is 23.4 Å². The maximum Gasteiger partial charge on any atom is 0.181 e. The van der Waals surface area contributed by atoms with Crippen molar-refractivity contribution in [3.05, 3.63) is 65.7 Å². The molecule has 12 heteroatoms. The van der Waals surface area contributed by atoms with E-state index in [0.29, 0.717) is 66.4 Å². The molecule has 0 saturated carbocycles. The standard InChI is InChI=1S/C27H30F3N7O2/c1-26(2,38)27(3,39)23-11-21-22(13-31-23)33-24(18-12-32-37(15-18)16-28)25(34-21)36-8-6-35(7-9-36)14-17-4-5-19(29)10-20(17)30/h4-5,10-13,15,38-39H,6-9,14,16H2,1-3H3/t27-/m1/s1. The summed E-state index contributed by atoms with van der Waals surface area (Å²) in [6, 6.07) is 5.20. The first-order valence-electron chi connectivity index (χ1n) is 12.6. The molecule has 0 amide bonds. The Morgan fingerprint density at radius 3 is 2.33 bits per heavy atom. The van der Waals surface area contributed by atoms with E-state index in [1.54, 1.807) is 12.3 Å². The van der Waals surface area contributed by atoms with Crippen LogP contribution in [0.15, 0.2) is 42.9 Å².